The summed E-state index contributed by atoms with van der Waals surface area (Å²) in [7, 11) is 0. The van der Waals surface area contributed by atoms with E-state index in [0.717, 1.165) is 12.3 Å². The molecular weight excluding hydrogens is 134 g/mol. The number of nitrogens with two attached hydrogens (primary N) is 1. The predicted octanol–water partition coefficient (Wildman–Crippen LogP) is 2.36. The molecule has 1 nitrogen and oxygen atoms in total. The van der Waals surface area contributed by atoms with E-state index in [0.29, 0.717) is 5.70 Å². The molecule has 0 saturated heterocycles. The van der Waals surface area contributed by atoms with Gasteiger partial charge in [0.2, 0.25) is 0 Å². The fourth-order valence-electron chi connectivity index (χ4n) is 1.21. The summed E-state index contributed by atoms with van der Waals surface area (Å²) in [5, 5.41) is 0. The van der Waals surface area contributed by atoms with Crippen molar-refractivity contribution in [3.63, 3.8) is 0 Å². The first kappa shape index (κ1) is 8.16. The van der Waals surface area contributed by atoms with Crippen LogP contribution in [0.2, 0.25) is 0 Å². The molecule has 0 bridgehead atoms. The number of rotatable bonds is 3. The van der Waals surface area contributed by atoms with Crippen LogP contribution in [0.5, 0.6) is 0 Å². The van der Waals surface area contributed by atoms with Gasteiger partial charge < -0.3 is 5.73 Å². The van der Waals surface area contributed by atoms with Gasteiger partial charge in [0, 0.05) is 0 Å². The monoisotopic (exact) mass is 149 g/mol. The normalized spacial score (nSPS) is 17.7. The Bertz CT molecular complexity index is 215. The smallest absolute Gasteiger partial charge is 0.0741 e. The summed E-state index contributed by atoms with van der Waals surface area (Å²) in [6.45, 7) is 5.66. The van der Waals surface area contributed by atoms with E-state index in [1.807, 2.05) is 6.08 Å². The van der Waals surface area contributed by atoms with Gasteiger partial charge in [0.15, 0.2) is 0 Å². The Morgan fingerprint density at radius 2 is 2.36 bits per heavy atom. The number of hydrogen-bond acceptors (Lipinski definition) is 1. The molecule has 0 spiro atoms. The van der Waals surface area contributed by atoms with Crippen molar-refractivity contribution in [2.75, 3.05) is 0 Å². The fourth-order valence-corrected chi connectivity index (χ4v) is 1.21. The lowest BCUT2D eigenvalue weighted by Gasteiger charge is -1.99. The average molecular weight is 149 g/mol. The van der Waals surface area contributed by atoms with Gasteiger partial charge >= 0.3 is 0 Å². The van der Waals surface area contributed by atoms with Gasteiger partial charge in [-0.3, -0.25) is 0 Å². The summed E-state index contributed by atoms with van der Waals surface area (Å²) in [5.41, 5.74) is 10.4. The molecule has 1 saturated carbocycles. The van der Waals surface area contributed by atoms with Crippen molar-refractivity contribution in [3.05, 3.63) is 29.7 Å². The van der Waals surface area contributed by atoms with E-state index < -0.39 is 0 Å². The van der Waals surface area contributed by atoms with Crippen molar-refractivity contribution >= 4 is 0 Å². The Hall–Kier alpha value is -0.940. The topological polar surface area (TPSA) is 26.0 Å². The van der Waals surface area contributed by atoms with E-state index in [9.17, 15) is 0 Å². The first-order valence-electron chi connectivity index (χ1n) is 4.14. The molecule has 0 amide bonds. The SMILES string of the molecule is C=C=C(N)/C=C(\CC)C1CC1. The van der Waals surface area contributed by atoms with Crippen LogP contribution in [-0.4, -0.2) is 0 Å². The maximum absolute atomic E-state index is 5.58. The standard InChI is InChI=1S/C10H15N/c1-3-8(9-5-6-9)7-10(11)4-2/h7,9H,2-3,5-6,11H2,1H3/b8-7+. The second kappa shape index (κ2) is 3.45. The Kier molecular flexibility index (Phi) is 2.56. The molecule has 0 aromatic rings. The summed E-state index contributed by atoms with van der Waals surface area (Å²) in [6, 6.07) is 0. The summed E-state index contributed by atoms with van der Waals surface area (Å²) in [4.78, 5) is 0. The summed E-state index contributed by atoms with van der Waals surface area (Å²) in [5.74, 6) is 0.812. The molecule has 1 aliphatic rings. The zero-order chi connectivity index (χ0) is 8.27. The highest BCUT2D eigenvalue weighted by atomic mass is 14.5. The first-order chi connectivity index (χ1) is 5.27. The van der Waals surface area contributed by atoms with Crippen LogP contribution in [-0.2, 0) is 0 Å². The van der Waals surface area contributed by atoms with Gasteiger partial charge in [-0.25, -0.2) is 0 Å². The largest absolute Gasteiger partial charge is 0.392 e. The maximum atomic E-state index is 5.58. The van der Waals surface area contributed by atoms with E-state index in [1.54, 1.807) is 0 Å². The van der Waals surface area contributed by atoms with E-state index in [4.69, 9.17) is 5.73 Å². The van der Waals surface area contributed by atoms with E-state index in [2.05, 4.69) is 19.2 Å². The first-order valence-corrected chi connectivity index (χ1v) is 4.14. The molecule has 0 unspecified atom stereocenters. The molecule has 60 valence electrons. The van der Waals surface area contributed by atoms with E-state index >= 15 is 0 Å². The van der Waals surface area contributed by atoms with Crippen molar-refractivity contribution in [2.45, 2.75) is 26.2 Å². The second-order valence-electron chi connectivity index (χ2n) is 2.98. The lowest BCUT2D eigenvalue weighted by molar-refractivity contribution is 0.908. The lowest BCUT2D eigenvalue weighted by Crippen LogP contribution is -1.94. The van der Waals surface area contributed by atoms with Gasteiger partial charge in [-0.2, -0.15) is 0 Å². The van der Waals surface area contributed by atoms with Gasteiger partial charge in [-0.05, 0) is 31.3 Å². The molecule has 1 aliphatic carbocycles. The van der Waals surface area contributed by atoms with Gasteiger partial charge in [0.05, 0.1) is 5.70 Å². The summed E-state index contributed by atoms with van der Waals surface area (Å²) < 4.78 is 0. The van der Waals surface area contributed by atoms with Crippen LogP contribution in [0.25, 0.3) is 0 Å². The van der Waals surface area contributed by atoms with Crippen molar-refractivity contribution in [1.82, 2.24) is 0 Å². The summed E-state index contributed by atoms with van der Waals surface area (Å²) in [6.07, 6.45) is 5.80. The van der Waals surface area contributed by atoms with E-state index in [-0.39, 0.29) is 0 Å². The molecule has 0 aromatic carbocycles. The van der Waals surface area contributed by atoms with Crippen LogP contribution in [0.3, 0.4) is 0 Å². The third kappa shape index (κ3) is 2.28. The van der Waals surface area contributed by atoms with Crippen molar-refractivity contribution < 1.29 is 0 Å². The molecular formula is C10H15N. The number of allylic oxidation sites excluding steroid dienone is 2. The Balaban J connectivity index is 2.65. The van der Waals surface area contributed by atoms with Crippen molar-refractivity contribution in [3.8, 4) is 0 Å². The molecule has 0 heterocycles. The number of hydrogen-bond donors (Lipinski definition) is 1. The van der Waals surface area contributed by atoms with Gasteiger partial charge in [-0.1, -0.05) is 19.1 Å². The van der Waals surface area contributed by atoms with Crippen molar-refractivity contribution in [1.29, 1.82) is 0 Å². The maximum Gasteiger partial charge on any atom is 0.0741 e. The van der Waals surface area contributed by atoms with Crippen LogP contribution in [0, 0.1) is 5.92 Å². The molecule has 0 aliphatic heterocycles. The van der Waals surface area contributed by atoms with Crippen LogP contribution in [0.1, 0.15) is 26.2 Å². The summed E-state index contributed by atoms with van der Waals surface area (Å²) >= 11 is 0. The lowest BCUT2D eigenvalue weighted by atomic mass is 10.1. The highest BCUT2D eigenvalue weighted by Crippen LogP contribution is 2.38. The zero-order valence-electron chi connectivity index (χ0n) is 7.06. The molecule has 1 fully saturated rings. The second-order valence-corrected chi connectivity index (χ2v) is 2.98. The Labute approximate surface area is 68.3 Å². The minimum Gasteiger partial charge on any atom is -0.392 e. The van der Waals surface area contributed by atoms with Crippen LogP contribution < -0.4 is 5.73 Å². The van der Waals surface area contributed by atoms with Gasteiger partial charge in [0.1, 0.15) is 0 Å². The predicted molar refractivity (Wildman–Crippen MR) is 47.9 cm³/mol. The van der Waals surface area contributed by atoms with Gasteiger partial charge in [-0.15, -0.1) is 5.73 Å². The third-order valence-corrected chi connectivity index (χ3v) is 2.05. The molecule has 0 aromatic heterocycles. The van der Waals surface area contributed by atoms with E-state index in [1.165, 1.54) is 18.4 Å². The molecule has 1 heteroatoms. The average Bonchev–Trinajstić information content (AvgIpc) is 2.82. The minimum absolute atomic E-state index is 0.675. The molecule has 11 heavy (non-hydrogen) atoms. The Morgan fingerprint density at radius 1 is 1.73 bits per heavy atom. The fraction of sp³-hybridized carbons (Fsp3) is 0.500. The third-order valence-electron chi connectivity index (χ3n) is 2.05. The van der Waals surface area contributed by atoms with Crippen LogP contribution in [0.15, 0.2) is 29.7 Å². The minimum atomic E-state index is 0.675. The molecule has 0 atom stereocenters. The quantitative estimate of drug-likeness (QED) is 0.484. The highest BCUT2D eigenvalue weighted by Gasteiger charge is 2.24. The highest BCUT2D eigenvalue weighted by molar-refractivity contribution is 5.23. The van der Waals surface area contributed by atoms with Crippen LogP contribution in [0.4, 0.5) is 0 Å². The molecule has 2 N–H and O–H groups in total. The van der Waals surface area contributed by atoms with Crippen molar-refractivity contribution in [2.24, 2.45) is 11.7 Å². The molecule has 1 rings (SSSR count). The molecule has 0 radical (unpaired) electrons. The van der Waals surface area contributed by atoms with Crippen LogP contribution >= 0.6 is 0 Å². The zero-order valence-corrected chi connectivity index (χ0v) is 7.06. The van der Waals surface area contributed by atoms with Gasteiger partial charge in [0.25, 0.3) is 0 Å². The Morgan fingerprint density at radius 3 is 2.73 bits per heavy atom.